The number of hydrogen-bond acceptors (Lipinski definition) is 4. The third kappa shape index (κ3) is 4.33. The lowest BCUT2D eigenvalue weighted by molar-refractivity contribution is -0.645. The summed E-state index contributed by atoms with van der Waals surface area (Å²) in [5.74, 6) is 0. The lowest BCUT2D eigenvalue weighted by atomic mass is 10.3. The maximum absolute atomic E-state index is 9.08. The quantitative estimate of drug-likeness (QED) is 0.487. The van der Waals surface area contributed by atoms with Crippen molar-refractivity contribution in [3.05, 3.63) is 36.7 Å². The average Bonchev–Trinajstić information content (AvgIpc) is 2.16. The molecule has 0 aliphatic rings. The Hall–Kier alpha value is -1.53. The van der Waals surface area contributed by atoms with Gasteiger partial charge >= 0.3 is 0 Å². The van der Waals surface area contributed by atoms with Crippen molar-refractivity contribution in [2.45, 2.75) is 0 Å². The van der Waals surface area contributed by atoms with Crippen molar-refractivity contribution in [1.82, 2.24) is 4.98 Å². The summed E-state index contributed by atoms with van der Waals surface area (Å²) in [5, 5.41) is 0. The van der Waals surface area contributed by atoms with E-state index in [9.17, 15) is 0 Å². The lowest BCUT2D eigenvalue weighted by Gasteiger charge is -1.92. The van der Waals surface area contributed by atoms with Crippen molar-refractivity contribution in [2.24, 2.45) is 7.05 Å². The Morgan fingerprint density at radius 1 is 1.31 bits per heavy atom. The molecule has 0 N–H and O–H groups in total. The maximum Gasteiger partial charge on any atom is 0.230 e. The largest absolute Gasteiger partial charge is 0.748 e. The zero-order valence-corrected chi connectivity index (χ0v) is 9.81. The van der Waals surface area contributed by atoms with Gasteiger partial charge in [-0.25, -0.2) is 13.4 Å². The van der Waals surface area contributed by atoms with E-state index in [0.29, 0.717) is 6.26 Å². The standard InChI is InChI=1S/C9H9N2.CH4O3S/c1-11-7-6-10-8-4-2-3-5-9(8)11;1-5(2,3)4/h2-7H,1H3;1H3,(H,2,3,4)/q+1;/p-1. The molecule has 1 aromatic heterocycles. The van der Waals surface area contributed by atoms with Gasteiger partial charge < -0.3 is 4.55 Å². The van der Waals surface area contributed by atoms with Gasteiger partial charge in [-0.2, -0.15) is 4.57 Å². The Bertz CT molecular complexity index is 568. The predicted molar refractivity (Wildman–Crippen MR) is 58.5 cm³/mol. The van der Waals surface area contributed by atoms with Gasteiger partial charge in [0, 0.05) is 12.3 Å². The molecule has 5 nitrogen and oxygen atoms in total. The molecule has 0 saturated heterocycles. The highest BCUT2D eigenvalue weighted by molar-refractivity contribution is 7.84. The van der Waals surface area contributed by atoms with Crippen LogP contribution in [0.3, 0.4) is 0 Å². The first-order valence-corrected chi connectivity index (χ1v) is 6.30. The molecule has 0 unspecified atom stereocenters. The first kappa shape index (κ1) is 12.5. The predicted octanol–water partition coefficient (Wildman–Crippen LogP) is 0.221. The fourth-order valence-electron chi connectivity index (χ4n) is 1.17. The highest BCUT2D eigenvalue weighted by atomic mass is 32.2. The van der Waals surface area contributed by atoms with E-state index in [-0.39, 0.29) is 0 Å². The fraction of sp³-hybridized carbons (Fsp3) is 0.200. The Morgan fingerprint density at radius 2 is 1.88 bits per heavy atom. The summed E-state index contributed by atoms with van der Waals surface area (Å²) >= 11 is 0. The molecule has 1 heterocycles. The molecule has 86 valence electrons. The smallest absolute Gasteiger partial charge is 0.230 e. The number of nitrogens with zero attached hydrogens (tertiary/aromatic N) is 2. The number of benzene rings is 1. The minimum atomic E-state index is -3.92. The second kappa shape index (κ2) is 5.00. The van der Waals surface area contributed by atoms with Crippen LogP contribution in [0.15, 0.2) is 36.7 Å². The molecule has 1 aromatic carbocycles. The summed E-state index contributed by atoms with van der Waals surface area (Å²) in [6.07, 6.45) is 4.36. The first-order chi connectivity index (χ1) is 7.38. The van der Waals surface area contributed by atoms with Crippen LogP contribution < -0.4 is 4.57 Å². The lowest BCUT2D eigenvalue weighted by Crippen LogP contribution is -2.28. The van der Waals surface area contributed by atoms with Crippen LogP contribution in [0.1, 0.15) is 0 Å². The molecule has 0 spiro atoms. The van der Waals surface area contributed by atoms with Gasteiger partial charge in [-0.1, -0.05) is 12.1 Å². The van der Waals surface area contributed by atoms with Gasteiger partial charge in [-0.15, -0.1) is 0 Å². The normalized spacial score (nSPS) is 10.7. The van der Waals surface area contributed by atoms with E-state index >= 15 is 0 Å². The van der Waals surface area contributed by atoms with Crippen LogP contribution in [0.4, 0.5) is 0 Å². The van der Waals surface area contributed by atoms with Crippen molar-refractivity contribution < 1.29 is 17.5 Å². The summed E-state index contributed by atoms with van der Waals surface area (Å²) in [7, 11) is -1.90. The number of rotatable bonds is 0. The van der Waals surface area contributed by atoms with Crippen LogP contribution in [-0.2, 0) is 17.2 Å². The molecule has 2 aromatic rings. The van der Waals surface area contributed by atoms with Crippen LogP contribution >= 0.6 is 0 Å². The number of para-hydroxylation sites is 2. The summed E-state index contributed by atoms with van der Waals surface area (Å²) in [6.45, 7) is 0. The molecule has 0 fully saturated rings. The van der Waals surface area contributed by atoms with Crippen LogP contribution in [0.2, 0.25) is 0 Å². The number of aryl methyl sites for hydroxylation is 1. The zero-order chi connectivity index (χ0) is 12.2. The molecule has 0 bridgehead atoms. The molecule has 0 radical (unpaired) electrons. The molecule has 16 heavy (non-hydrogen) atoms. The van der Waals surface area contributed by atoms with E-state index in [2.05, 4.69) is 15.6 Å². The topological polar surface area (TPSA) is 74.0 Å². The molecular formula is C10H12N2O3S. The second-order valence-corrected chi connectivity index (χ2v) is 4.64. The van der Waals surface area contributed by atoms with Gasteiger partial charge in [-0.3, -0.25) is 0 Å². The highest BCUT2D eigenvalue weighted by Crippen LogP contribution is 2.02. The van der Waals surface area contributed by atoms with Crippen molar-refractivity contribution in [1.29, 1.82) is 0 Å². The summed E-state index contributed by atoms with van der Waals surface area (Å²) < 4.78 is 29.3. The van der Waals surface area contributed by atoms with E-state index in [1.165, 1.54) is 0 Å². The van der Waals surface area contributed by atoms with Gasteiger partial charge in [0.25, 0.3) is 0 Å². The molecule has 0 saturated carbocycles. The Balaban J connectivity index is 0.000000221. The van der Waals surface area contributed by atoms with E-state index in [4.69, 9.17) is 13.0 Å². The Morgan fingerprint density at radius 3 is 2.44 bits per heavy atom. The number of aromatic nitrogens is 2. The van der Waals surface area contributed by atoms with Crippen LogP contribution in [0.5, 0.6) is 0 Å². The average molecular weight is 240 g/mol. The number of fused-ring (bicyclic) bond motifs is 1. The van der Waals surface area contributed by atoms with Gasteiger partial charge in [-0.05, 0) is 6.07 Å². The zero-order valence-electron chi connectivity index (χ0n) is 8.99. The van der Waals surface area contributed by atoms with Gasteiger partial charge in [0.2, 0.25) is 5.52 Å². The molecule has 6 heteroatoms. The summed E-state index contributed by atoms with van der Waals surface area (Å²) in [4.78, 5) is 4.22. The first-order valence-electron chi connectivity index (χ1n) is 4.48. The van der Waals surface area contributed by atoms with E-state index < -0.39 is 10.1 Å². The minimum Gasteiger partial charge on any atom is -0.748 e. The molecule has 0 amide bonds. The van der Waals surface area contributed by atoms with Crippen molar-refractivity contribution in [3.8, 4) is 0 Å². The van der Waals surface area contributed by atoms with Crippen molar-refractivity contribution in [2.75, 3.05) is 6.26 Å². The van der Waals surface area contributed by atoms with Gasteiger partial charge in [0.1, 0.15) is 12.6 Å². The molecule has 2 rings (SSSR count). The Labute approximate surface area is 94.1 Å². The van der Waals surface area contributed by atoms with Crippen molar-refractivity contribution >= 4 is 21.2 Å². The molecule has 0 atom stereocenters. The fourth-order valence-corrected chi connectivity index (χ4v) is 1.17. The van der Waals surface area contributed by atoms with E-state index in [0.717, 1.165) is 11.0 Å². The molecular weight excluding hydrogens is 228 g/mol. The van der Waals surface area contributed by atoms with E-state index in [1.54, 1.807) is 0 Å². The van der Waals surface area contributed by atoms with Gasteiger partial charge in [0.15, 0.2) is 6.20 Å². The third-order valence-electron chi connectivity index (χ3n) is 1.77. The maximum atomic E-state index is 9.08. The van der Waals surface area contributed by atoms with Gasteiger partial charge in [0.05, 0.1) is 16.3 Å². The molecule has 0 aliphatic heterocycles. The second-order valence-electron chi connectivity index (χ2n) is 3.23. The molecule has 0 aliphatic carbocycles. The monoisotopic (exact) mass is 240 g/mol. The highest BCUT2D eigenvalue weighted by Gasteiger charge is 2.00. The van der Waals surface area contributed by atoms with E-state index in [1.807, 2.05) is 37.6 Å². The van der Waals surface area contributed by atoms with Crippen molar-refractivity contribution in [3.63, 3.8) is 0 Å². The third-order valence-corrected chi connectivity index (χ3v) is 1.77. The Kier molecular flexibility index (Phi) is 3.92. The summed E-state index contributed by atoms with van der Waals surface area (Å²) in [5.41, 5.74) is 2.20. The SMILES string of the molecule is CS(=O)(=O)[O-].C[n+]1ccnc2ccccc21. The number of hydrogen-bond donors (Lipinski definition) is 0. The summed E-state index contributed by atoms with van der Waals surface area (Å²) in [6, 6.07) is 8.08. The van der Waals surface area contributed by atoms with Crippen LogP contribution in [0, 0.1) is 0 Å². The minimum absolute atomic E-state index is 0.604. The van der Waals surface area contributed by atoms with Crippen LogP contribution in [-0.4, -0.2) is 24.2 Å². The van der Waals surface area contributed by atoms with Crippen LogP contribution in [0.25, 0.3) is 11.0 Å².